The molecule has 2 aliphatic heterocycles. The Balaban J connectivity index is 1.44. The Bertz CT molecular complexity index is 1240. The summed E-state index contributed by atoms with van der Waals surface area (Å²) in [5, 5.41) is 7.71. The van der Waals surface area contributed by atoms with E-state index in [1.807, 2.05) is 37.3 Å². The summed E-state index contributed by atoms with van der Waals surface area (Å²) in [6.07, 6.45) is 0.779. The molecule has 3 aromatic rings. The Morgan fingerprint density at radius 1 is 1.09 bits per heavy atom. The Morgan fingerprint density at radius 3 is 2.58 bits per heavy atom. The molecule has 3 heterocycles. The second kappa shape index (κ2) is 8.12. The molecule has 1 atom stereocenters. The maximum Gasteiger partial charge on any atom is 0.325 e. The number of rotatable bonds is 4. The van der Waals surface area contributed by atoms with Gasteiger partial charge >= 0.3 is 6.03 Å². The van der Waals surface area contributed by atoms with Gasteiger partial charge < -0.3 is 14.8 Å². The van der Waals surface area contributed by atoms with E-state index in [-0.39, 0.29) is 12.5 Å². The maximum atomic E-state index is 13.5. The molecule has 3 amide bonds. The van der Waals surface area contributed by atoms with E-state index >= 15 is 0 Å². The number of halogens is 1. The summed E-state index contributed by atoms with van der Waals surface area (Å²) in [7, 11) is 0. The molecule has 2 aliphatic rings. The summed E-state index contributed by atoms with van der Waals surface area (Å²) in [6, 6.07) is 14.3. The third-order valence-electron chi connectivity index (χ3n) is 6.04. The van der Waals surface area contributed by atoms with Gasteiger partial charge in [-0.05, 0) is 43.7 Å². The molecule has 0 bridgehead atoms. The van der Waals surface area contributed by atoms with Gasteiger partial charge in [-0.2, -0.15) is 5.10 Å². The summed E-state index contributed by atoms with van der Waals surface area (Å²) in [5.41, 5.74) is 1.44. The molecule has 1 unspecified atom stereocenters. The summed E-state index contributed by atoms with van der Waals surface area (Å²) in [4.78, 5) is 27.5. The average molecular weight is 467 g/mol. The first kappa shape index (κ1) is 21.3. The fraction of sp³-hybridized carbons (Fsp3) is 0.292. The maximum absolute atomic E-state index is 13.5. The molecule has 33 heavy (non-hydrogen) atoms. The van der Waals surface area contributed by atoms with Crippen LogP contribution in [0.3, 0.4) is 0 Å². The lowest BCUT2D eigenvalue weighted by atomic mass is 9.91. The van der Waals surface area contributed by atoms with E-state index in [0.717, 1.165) is 12.1 Å². The number of urea groups is 1. The van der Waals surface area contributed by atoms with Crippen molar-refractivity contribution in [1.29, 1.82) is 0 Å². The molecule has 8 nitrogen and oxygen atoms in total. The van der Waals surface area contributed by atoms with Crippen molar-refractivity contribution in [2.45, 2.75) is 32.4 Å². The van der Waals surface area contributed by atoms with E-state index in [2.05, 4.69) is 10.4 Å². The average Bonchev–Trinajstić information content (AvgIpc) is 3.09. The van der Waals surface area contributed by atoms with Crippen LogP contribution in [-0.2, 0) is 16.9 Å². The number of hydrogen-bond donors (Lipinski definition) is 1. The van der Waals surface area contributed by atoms with Crippen molar-refractivity contribution < 1.29 is 19.1 Å². The molecular formula is C24H23ClN4O4. The normalized spacial score (nSPS) is 20.0. The molecule has 9 heteroatoms. The first-order valence-corrected chi connectivity index (χ1v) is 11.1. The van der Waals surface area contributed by atoms with E-state index < -0.39 is 11.6 Å². The van der Waals surface area contributed by atoms with E-state index in [1.165, 1.54) is 4.90 Å². The minimum absolute atomic E-state index is 0.0162. The highest BCUT2D eigenvalue weighted by molar-refractivity contribution is 6.30. The zero-order chi connectivity index (χ0) is 23.2. The van der Waals surface area contributed by atoms with Crippen LogP contribution in [0.5, 0.6) is 11.5 Å². The number of nitrogens with zero attached hydrogens (tertiary/aromatic N) is 3. The predicted octanol–water partition coefficient (Wildman–Crippen LogP) is 3.96. The van der Waals surface area contributed by atoms with Gasteiger partial charge in [0, 0.05) is 12.0 Å². The highest BCUT2D eigenvalue weighted by Gasteiger charge is 2.49. The SMILES string of the molecule is Cc1nn(-c2ccccc2)c(Cl)c1CN1C(=O)NC(C)(c2ccc3c(c2)OCCCO3)C1=O. The summed E-state index contributed by atoms with van der Waals surface area (Å²) in [5.74, 6) is 0.823. The van der Waals surface area contributed by atoms with E-state index in [1.54, 1.807) is 29.8 Å². The molecule has 1 N–H and O–H groups in total. The molecule has 0 spiro atoms. The standard InChI is InChI=1S/C24H23ClN4O4/c1-15-18(21(25)29(27-15)17-7-4-3-5-8-17)14-28-22(30)24(2,26-23(28)31)16-9-10-19-20(13-16)33-12-6-11-32-19/h3-5,7-10,13H,6,11-12,14H2,1-2H3,(H,26,31). The number of amides is 3. The first-order chi connectivity index (χ1) is 15.9. The lowest BCUT2D eigenvalue weighted by Gasteiger charge is -2.23. The zero-order valence-electron chi connectivity index (χ0n) is 18.3. The van der Waals surface area contributed by atoms with Crippen LogP contribution in [0.25, 0.3) is 5.69 Å². The number of fused-ring (bicyclic) bond motifs is 1. The number of aromatic nitrogens is 2. The van der Waals surface area contributed by atoms with Crippen molar-refractivity contribution in [3.05, 3.63) is 70.5 Å². The highest BCUT2D eigenvalue weighted by atomic mass is 35.5. The fourth-order valence-corrected chi connectivity index (χ4v) is 4.45. The van der Waals surface area contributed by atoms with E-state index in [9.17, 15) is 9.59 Å². The lowest BCUT2D eigenvalue weighted by Crippen LogP contribution is -2.40. The van der Waals surface area contributed by atoms with Crippen LogP contribution < -0.4 is 14.8 Å². The molecule has 0 aliphatic carbocycles. The van der Waals surface area contributed by atoms with Gasteiger partial charge in [0.25, 0.3) is 5.91 Å². The van der Waals surface area contributed by atoms with Gasteiger partial charge in [-0.3, -0.25) is 9.69 Å². The van der Waals surface area contributed by atoms with Crippen LogP contribution in [0.2, 0.25) is 5.15 Å². The molecule has 5 rings (SSSR count). The Kier molecular flexibility index (Phi) is 5.25. The fourth-order valence-electron chi connectivity index (χ4n) is 4.12. The van der Waals surface area contributed by atoms with Gasteiger partial charge in [0.2, 0.25) is 0 Å². The van der Waals surface area contributed by atoms with Crippen LogP contribution in [0.15, 0.2) is 48.5 Å². The van der Waals surface area contributed by atoms with Crippen molar-refractivity contribution in [2.75, 3.05) is 13.2 Å². The molecule has 0 radical (unpaired) electrons. The van der Waals surface area contributed by atoms with Crippen LogP contribution in [0, 0.1) is 6.92 Å². The van der Waals surface area contributed by atoms with E-state index in [4.69, 9.17) is 21.1 Å². The lowest BCUT2D eigenvalue weighted by molar-refractivity contribution is -0.131. The van der Waals surface area contributed by atoms with Gasteiger partial charge in [-0.1, -0.05) is 35.9 Å². The second-order valence-corrected chi connectivity index (χ2v) is 8.62. The van der Waals surface area contributed by atoms with Crippen molar-refractivity contribution >= 4 is 23.5 Å². The number of ether oxygens (including phenoxy) is 2. The van der Waals surface area contributed by atoms with Crippen LogP contribution in [0.1, 0.15) is 30.2 Å². The molecule has 2 aromatic carbocycles. The monoisotopic (exact) mass is 466 g/mol. The van der Waals surface area contributed by atoms with Gasteiger partial charge in [-0.15, -0.1) is 0 Å². The number of benzene rings is 2. The van der Waals surface area contributed by atoms with Crippen molar-refractivity contribution in [1.82, 2.24) is 20.0 Å². The number of aryl methyl sites for hydroxylation is 1. The van der Waals surface area contributed by atoms with Crippen molar-refractivity contribution in [3.63, 3.8) is 0 Å². The third-order valence-corrected chi connectivity index (χ3v) is 6.43. The van der Waals surface area contributed by atoms with Crippen LogP contribution in [0.4, 0.5) is 4.79 Å². The quantitative estimate of drug-likeness (QED) is 0.588. The summed E-state index contributed by atoms with van der Waals surface area (Å²) in [6.45, 7) is 4.62. The molecular weight excluding hydrogens is 444 g/mol. The Morgan fingerprint density at radius 2 is 1.82 bits per heavy atom. The second-order valence-electron chi connectivity index (χ2n) is 8.26. The highest BCUT2D eigenvalue weighted by Crippen LogP contribution is 2.37. The molecule has 170 valence electrons. The van der Waals surface area contributed by atoms with Crippen LogP contribution in [-0.4, -0.2) is 39.8 Å². The number of carbonyl (C=O) groups is 2. The van der Waals surface area contributed by atoms with Gasteiger partial charge in [0.1, 0.15) is 10.7 Å². The number of hydrogen-bond acceptors (Lipinski definition) is 5. The smallest absolute Gasteiger partial charge is 0.325 e. The zero-order valence-corrected chi connectivity index (χ0v) is 19.1. The minimum atomic E-state index is -1.24. The summed E-state index contributed by atoms with van der Waals surface area (Å²) >= 11 is 6.62. The number of carbonyl (C=O) groups excluding carboxylic acids is 2. The van der Waals surface area contributed by atoms with Gasteiger partial charge in [0.05, 0.1) is 31.1 Å². The number of nitrogens with one attached hydrogen (secondary N) is 1. The van der Waals surface area contributed by atoms with Crippen molar-refractivity contribution in [3.8, 4) is 17.2 Å². The molecule has 0 saturated carbocycles. The Labute approximate surface area is 196 Å². The minimum Gasteiger partial charge on any atom is -0.490 e. The molecule has 1 saturated heterocycles. The predicted molar refractivity (Wildman–Crippen MR) is 122 cm³/mol. The van der Waals surface area contributed by atoms with Gasteiger partial charge in [-0.25, -0.2) is 9.48 Å². The Hall–Kier alpha value is -3.52. The summed E-state index contributed by atoms with van der Waals surface area (Å²) < 4.78 is 13.0. The van der Waals surface area contributed by atoms with Crippen molar-refractivity contribution in [2.24, 2.45) is 0 Å². The van der Waals surface area contributed by atoms with Crippen LogP contribution >= 0.6 is 11.6 Å². The van der Waals surface area contributed by atoms with E-state index in [0.29, 0.717) is 46.7 Å². The largest absolute Gasteiger partial charge is 0.490 e. The third kappa shape index (κ3) is 3.60. The topological polar surface area (TPSA) is 85.7 Å². The number of para-hydroxylation sites is 1. The first-order valence-electron chi connectivity index (χ1n) is 10.7. The number of imide groups is 1. The van der Waals surface area contributed by atoms with Gasteiger partial charge in [0.15, 0.2) is 11.5 Å². The molecule has 1 fully saturated rings. The molecule has 1 aromatic heterocycles.